The minimum absolute atomic E-state index is 0.0000727. The Morgan fingerprint density at radius 1 is 1.11 bits per heavy atom. The Bertz CT molecular complexity index is 259. The maximum Gasteiger partial charge on any atom is 0.0600 e. The van der Waals surface area contributed by atoms with Crippen molar-refractivity contribution in [3.8, 4) is 0 Å². The molecule has 2 saturated heterocycles. The molecule has 1 N–H and O–H groups in total. The van der Waals surface area contributed by atoms with Crippen LogP contribution in [0, 0.1) is 5.92 Å². The molecule has 2 aliphatic rings. The van der Waals surface area contributed by atoms with Crippen LogP contribution in [0.5, 0.6) is 0 Å². The Labute approximate surface area is 118 Å². The van der Waals surface area contributed by atoms with E-state index in [1.807, 2.05) is 0 Å². The zero-order valence-electron chi connectivity index (χ0n) is 13.0. The van der Waals surface area contributed by atoms with Crippen molar-refractivity contribution in [3.63, 3.8) is 0 Å². The topological polar surface area (TPSA) is 27.7 Å². The second kappa shape index (κ2) is 7.02. The fourth-order valence-corrected chi connectivity index (χ4v) is 3.00. The van der Waals surface area contributed by atoms with Gasteiger partial charge in [0, 0.05) is 45.8 Å². The third-order valence-electron chi connectivity index (χ3n) is 4.04. The Kier molecular flexibility index (Phi) is 5.63. The number of piperazine rings is 1. The summed E-state index contributed by atoms with van der Waals surface area (Å²) in [5.41, 5.74) is -0.0000727. The van der Waals surface area contributed by atoms with Crippen molar-refractivity contribution in [2.75, 3.05) is 59.0 Å². The maximum absolute atomic E-state index is 5.82. The molecule has 4 nitrogen and oxygen atoms in total. The van der Waals surface area contributed by atoms with Gasteiger partial charge in [0.05, 0.1) is 12.2 Å². The van der Waals surface area contributed by atoms with Crippen molar-refractivity contribution in [2.24, 2.45) is 5.92 Å². The van der Waals surface area contributed by atoms with Crippen LogP contribution in [0.3, 0.4) is 0 Å². The summed E-state index contributed by atoms with van der Waals surface area (Å²) in [6.07, 6.45) is 1.36. The molecule has 4 heteroatoms. The van der Waals surface area contributed by atoms with Crippen LogP contribution >= 0.6 is 0 Å². The minimum Gasteiger partial charge on any atom is -0.375 e. The van der Waals surface area contributed by atoms with Crippen molar-refractivity contribution < 1.29 is 4.74 Å². The first-order valence-electron chi connectivity index (χ1n) is 7.82. The van der Waals surface area contributed by atoms with Gasteiger partial charge in [-0.25, -0.2) is 0 Å². The van der Waals surface area contributed by atoms with Crippen molar-refractivity contribution in [1.82, 2.24) is 15.1 Å². The second-order valence-electron chi connectivity index (χ2n) is 6.97. The number of ether oxygens (including phenoxy) is 1. The first-order chi connectivity index (χ1) is 9.03. The lowest BCUT2D eigenvalue weighted by molar-refractivity contribution is -0.0113. The summed E-state index contributed by atoms with van der Waals surface area (Å²) in [5, 5.41) is 3.42. The molecular formula is C15H31N3O. The van der Waals surface area contributed by atoms with E-state index in [0.29, 0.717) is 0 Å². The second-order valence-corrected chi connectivity index (χ2v) is 6.97. The van der Waals surface area contributed by atoms with Crippen LogP contribution in [0.1, 0.15) is 27.2 Å². The van der Waals surface area contributed by atoms with Gasteiger partial charge >= 0.3 is 0 Å². The van der Waals surface area contributed by atoms with Crippen molar-refractivity contribution in [2.45, 2.75) is 32.8 Å². The summed E-state index contributed by atoms with van der Waals surface area (Å²) < 4.78 is 5.82. The monoisotopic (exact) mass is 269 g/mol. The molecule has 0 amide bonds. The third-order valence-corrected chi connectivity index (χ3v) is 4.04. The van der Waals surface area contributed by atoms with Gasteiger partial charge < -0.3 is 19.9 Å². The molecule has 0 spiro atoms. The van der Waals surface area contributed by atoms with Crippen molar-refractivity contribution in [1.29, 1.82) is 0 Å². The fourth-order valence-electron chi connectivity index (χ4n) is 3.00. The van der Waals surface area contributed by atoms with Crippen LogP contribution in [0.25, 0.3) is 0 Å². The highest BCUT2D eigenvalue weighted by atomic mass is 16.5. The molecule has 2 fully saturated rings. The zero-order valence-corrected chi connectivity index (χ0v) is 13.0. The van der Waals surface area contributed by atoms with E-state index in [0.717, 1.165) is 32.2 Å². The fraction of sp³-hybridized carbons (Fsp3) is 1.00. The van der Waals surface area contributed by atoms with Gasteiger partial charge in [0.15, 0.2) is 0 Å². The molecule has 1 atom stereocenters. The largest absolute Gasteiger partial charge is 0.375 e. The lowest BCUT2D eigenvalue weighted by Crippen LogP contribution is -2.45. The van der Waals surface area contributed by atoms with Gasteiger partial charge in [0.1, 0.15) is 0 Å². The molecule has 0 radical (unpaired) electrons. The maximum atomic E-state index is 5.82. The molecule has 2 rings (SSSR count). The average Bonchev–Trinajstić information content (AvgIpc) is 2.76. The summed E-state index contributed by atoms with van der Waals surface area (Å²) >= 11 is 0. The molecule has 0 aromatic rings. The van der Waals surface area contributed by atoms with Crippen LogP contribution in [0.4, 0.5) is 0 Å². The number of nitrogens with one attached hydrogen (secondary N) is 1. The van der Waals surface area contributed by atoms with Crippen LogP contribution in [-0.2, 0) is 4.74 Å². The molecule has 0 aromatic heterocycles. The molecule has 0 bridgehead atoms. The number of hydrogen-bond donors (Lipinski definition) is 1. The van der Waals surface area contributed by atoms with Gasteiger partial charge in [-0.05, 0) is 39.7 Å². The van der Waals surface area contributed by atoms with Gasteiger partial charge in [-0.15, -0.1) is 0 Å². The summed E-state index contributed by atoms with van der Waals surface area (Å²) in [5.74, 6) is 0.868. The number of nitrogens with zero attached hydrogens (tertiary/aromatic N) is 2. The van der Waals surface area contributed by atoms with E-state index in [4.69, 9.17) is 4.74 Å². The standard InChI is InChI=1S/C15H31N3O/c1-15(2,3)19-11-10-17-7-4-14(12-17)13-18-8-5-16-6-9-18/h14,16H,4-13H2,1-3H3/t14-/m1/s1. The molecule has 19 heavy (non-hydrogen) atoms. The highest BCUT2D eigenvalue weighted by Crippen LogP contribution is 2.18. The third kappa shape index (κ3) is 5.78. The predicted molar refractivity (Wildman–Crippen MR) is 79.6 cm³/mol. The molecule has 2 heterocycles. The quantitative estimate of drug-likeness (QED) is 0.807. The Balaban J connectivity index is 1.60. The van der Waals surface area contributed by atoms with Crippen molar-refractivity contribution in [3.05, 3.63) is 0 Å². The highest BCUT2D eigenvalue weighted by molar-refractivity contribution is 4.80. The van der Waals surface area contributed by atoms with Crippen molar-refractivity contribution >= 4 is 0 Å². The van der Waals surface area contributed by atoms with Crippen LogP contribution < -0.4 is 5.32 Å². The van der Waals surface area contributed by atoms with E-state index in [1.54, 1.807) is 0 Å². The Hall–Kier alpha value is -0.160. The Morgan fingerprint density at radius 3 is 2.53 bits per heavy atom. The van der Waals surface area contributed by atoms with E-state index < -0.39 is 0 Å². The number of likely N-dealkylation sites (tertiary alicyclic amines) is 1. The number of rotatable bonds is 5. The highest BCUT2D eigenvalue weighted by Gasteiger charge is 2.25. The van der Waals surface area contributed by atoms with Gasteiger partial charge in [-0.2, -0.15) is 0 Å². The SMILES string of the molecule is CC(C)(C)OCCN1CC[C@@H](CN2CCNCC2)C1. The molecule has 0 aromatic carbocycles. The van der Waals surface area contributed by atoms with E-state index in [9.17, 15) is 0 Å². The van der Waals surface area contributed by atoms with Gasteiger partial charge in [-0.3, -0.25) is 0 Å². The summed E-state index contributed by atoms with van der Waals surface area (Å²) in [6, 6.07) is 0. The van der Waals surface area contributed by atoms with Crippen LogP contribution in [-0.4, -0.2) is 74.4 Å². The van der Waals surface area contributed by atoms with Crippen LogP contribution in [0.2, 0.25) is 0 Å². The summed E-state index contributed by atoms with van der Waals surface area (Å²) in [4.78, 5) is 5.19. The van der Waals surface area contributed by atoms with E-state index >= 15 is 0 Å². The minimum atomic E-state index is -0.0000727. The first-order valence-corrected chi connectivity index (χ1v) is 7.82. The lowest BCUT2D eigenvalue weighted by Gasteiger charge is -2.29. The smallest absolute Gasteiger partial charge is 0.0600 e. The normalized spacial score (nSPS) is 27.0. The molecule has 0 unspecified atom stereocenters. The average molecular weight is 269 g/mol. The predicted octanol–water partition coefficient (Wildman–Crippen LogP) is 1.03. The molecule has 0 aliphatic carbocycles. The van der Waals surface area contributed by atoms with E-state index in [2.05, 4.69) is 35.9 Å². The summed E-state index contributed by atoms with van der Waals surface area (Å²) in [6.45, 7) is 16.9. The molecular weight excluding hydrogens is 238 g/mol. The summed E-state index contributed by atoms with van der Waals surface area (Å²) in [7, 11) is 0. The van der Waals surface area contributed by atoms with E-state index in [1.165, 1.54) is 39.1 Å². The van der Waals surface area contributed by atoms with Gasteiger partial charge in [0.25, 0.3) is 0 Å². The van der Waals surface area contributed by atoms with Crippen LogP contribution in [0.15, 0.2) is 0 Å². The molecule has 0 saturated carbocycles. The molecule has 2 aliphatic heterocycles. The Morgan fingerprint density at radius 2 is 1.84 bits per heavy atom. The van der Waals surface area contributed by atoms with Gasteiger partial charge in [-0.1, -0.05) is 0 Å². The first kappa shape index (κ1) is 15.2. The number of hydrogen-bond acceptors (Lipinski definition) is 4. The van der Waals surface area contributed by atoms with E-state index in [-0.39, 0.29) is 5.60 Å². The molecule has 112 valence electrons. The zero-order chi connectivity index (χ0) is 13.7. The lowest BCUT2D eigenvalue weighted by atomic mass is 10.1. The van der Waals surface area contributed by atoms with Gasteiger partial charge in [0.2, 0.25) is 0 Å².